The van der Waals surface area contributed by atoms with Crippen LogP contribution in [0.3, 0.4) is 0 Å². The van der Waals surface area contributed by atoms with Crippen LogP contribution in [0.15, 0.2) is 18.2 Å². The van der Waals surface area contributed by atoms with Crippen LogP contribution in [0.5, 0.6) is 0 Å². The number of likely N-dealkylation sites (N-methyl/N-ethyl adjacent to an activating group) is 1. The van der Waals surface area contributed by atoms with Gasteiger partial charge in [0.25, 0.3) is 5.69 Å². The average Bonchev–Trinajstić information content (AvgIpc) is 2.36. The quantitative estimate of drug-likeness (QED) is 0.603. The number of carboxylic acids is 1. The Labute approximate surface area is 121 Å². The van der Waals surface area contributed by atoms with E-state index in [1.54, 1.807) is 7.05 Å². The van der Waals surface area contributed by atoms with Crippen molar-refractivity contribution in [2.45, 2.75) is 19.9 Å². The molecule has 0 fully saturated rings. The summed E-state index contributed by atoms with van der Waals surface area (Å²) >= 11 is 0. The molecule has 8 heteroatoms. The lowest BCUT2D eigenvalue weighted by molar-refractivity contribution is -0.385. The predicted octanol–water partition coefficient (Wildman–Crippen LogP) is 1.25. The molecule has 8 nitrogen and oxygen atoms in total. The summed E-state index contributed by atoms with van der Waals surface area (Å²) in [5.74, 6) is -1.59. The normalized spacial score (nSPS) is 10.3. The first-order valence-electron chi connectivity index (χ1n) is 6.24. The van der Waals surface area contributed by atoms with Gasteiger partial charge in [-0.1, -0.05) is 0 Å². The highest BCUT2D eigenvalue weighted by Crippen LogP contribution is 2.25. The van der Waals surface area contributed by atoms with Crippen molar-refractivity contribution in [3.05, 3.63) is 33.9 Å². The molecular formula is C13H17N3O5. The Morgan fingerprint density at radius 2 is 2.05 bits per heavy atom. The number of rotatable bonds is 6. The van der Waals surface area contributed by atoms with Crippen molar-refractivity contribution in [1.82, 2.24) is 5.32 Å². The molecule has 0 aromatic heterocycles. The zero-order chi connectivity index (χ0) is 16.2. The third kappa shape index (κ3) is 4.44. The summed E-state index contributed by atoms with van der Waals surface area (Å²) in [7, 11) is 1.60. The van der Waals surface area contributed by atoms with E-state index in [0.717, 1.165) is 12.1 Å². The molecule has 0 aliphatic rings. The minimum atomic E-state index is -1.37. The second kappa shape index (κ2) is 6.69. The topological polar surface area (TPSA) is 113 Å². The average molecular weight is 295 g/mol. The minimum absolute atomic E-state index is 0.00498. The molecule has 0 spiro atoms. The highest BCUT2D eigenvalue weighted by Gasteiger charge is 2.21. The summed E-state index contributed by atoms with van der Waals surface area (Å²) in [4.78, 5) is 34.2. The summed E-state index contributed by atoms with van der Waals surface area (Å²) in [6.45, 7) is 3.66. The first-order chi connectivity index (χ1) is 9.72. The van der Waals surface area contributed by atoms with Gasteiger partial charge in [-0.15, -0.1) is 0 Å². The van der Waals surface area contributed by atoms with Crippen LogP contribution in [0.1, 0.15) is 24.2 Å². The maximum atomic E-state index is 11.7. The standard InChI is InChI=1S/C13H17N3O5/c1-8(2)14-12(17)7-15(3)9-4-5-10(13(18)19)11(6-9)16(20)21/h4-6,8H,7H2,1-3H3,(H,14,17)(H,18,19). The Balaban J connectivity index is 2.98. The molecule has 0 radical (unpaired) electrons. The number of anilines is 1. The van der Waals surface area contributed by atoms with E-state index in [4.69, 9.17) is 5.11 Å². The largest absolute Gasteiger partial charge is 0.477 e. The number of carbonyl (C=O) groups is 2. The van der Waals surface area contributed by atoms with Gasteiger partial charge in [0.2, 0.25) is 5.91 Å². The van der Waals surface area contributed by atoms with E-state index in [2.05, 4.69) is 5.32 Å². The van der Waals surface area contributed by atoms with Gasteiger partial charge in [-0.05, 0) is 26.0 Å². The van der Waals surface area contributed by atoms with Gasteiger partial charge < -0.3 is 15.3 Å². The number of carbonyl (C=O) groups excluding carboxylic acids is 1. The highest BCUT2D eigenvalue weighted by atomic mass is 16.6. The zero-order valence-electron chi connectivity index (χ0n) is 12.0. The van der Waals surface area contributed by atoms with Crippen LogP contribution >= 0.6 is 0 Å². The van der Waals surface area contributed by atoms with Gasteiger partial charge in [0.05, 0.1) is 11.5 Å². The van der Waals surface area contributed by atoms with Crippen molar-refractivity contribution in [1.29, 1.82) is 0 Å². The molecule has 0 heterocycles. The smallest absolute Gasteiger partial charge is 0.342 e. The van der Waals surface area contributed by atoms with Gasteiger partial charge in [-0.2, -0.15) is 0 Å². The number of nitrogens with zero attached hydrogens (tertiary/aromatic N) is 2. The Morgan fingerprint density at radius 3 is 2.52 bits per heavy atom. The van der Waals surface area contributed by atoms with Crippen molar-refractivity contribution in [2.24, 2.45) is 0 Å². The van der Waals surface area contributed by atoms with E-state index >= 15 is 0 Å². The molecule has 114 valence electrons. The monoisotopic (exact) mass is 295 g/mol. The summed E-state index contributed by atoms with van der Waals surface area (Å²) < 4.78 is 0. The van der Waals surface area contributed by atoms with Gasteiger partial charge in [0.1, 0.15) is 5.56 Å². The van der Waals surface area contributed by atoms with Gasteiger partial charge >= 0.3 is 5.97 Å². The van der Waals surface area contributed by atoms with E-state index in [1.165, 1.54) is 11.0 Å². The van der Waals surface area contributed by atoms with Gasteiger partial charge in [-0.25, -0.2) is 4.79 Å². The molecule has 1 aromatic rings. The fraction of sp³-hybridized carbons (Fsp3) is 0.385. The maximum absolute atomic E-state index is 11.7. The second-order valence-corrected chi connectivity index (χ2v) is 4.84. The van der Waals surface area contributed by atoms with Crippen LogP contribution in [0.4, 0.5) is 11.4 Å². The van der Waals surface area contributed by atoms with Gasteiger partial charge in [0.15, 0.2) is 0 Å². The fourth-order valence-electron chi connectivity index (χ4n) is 1.76. The highest BCUT2D eigenvalue weighted by molar-refractivity contribution is 5.93. The number of hydrogen-bond donors (Lipinski definition) is 2. The van der Waals surface area contributed by atoms with Crippen LogP contribution in [-0.4, -0.2) is 41.5 Å². The molecule has 1 amide bonds. The number of carboxylic acid groups (broad SMARTS) is 1. The van der Waals surface area contributed by atoms with E-state index in [1.807, 2.05) is 13.8 Å². The lowest BCUT2D eigenvalue weighted by Gasteiger charge is -2.19. The van der Waals surface area contributed by atoms with Crippen molar-refractivity contribution < 1.29 is 19.6 Å². The molecule has 1 rings (SSSR count). The van der Waals surface area contributed by atoms with Crippen LogP contribution in [0.2, 0.25) is 0 Å². The van der Waals surface area contributed by atoms with Crippen molar-refractivity contribution in [2.75, 3.05) is 18.5 Å². The number of amides is 1. The molecule has 0 saturated heterocycles. The van der Waals surface area contributed by atoms with Crippen molar-refractivity contribution in [3.8, 4) is 0 Å². The third-order valence-corrected chi connectivity index (χ3v) is 2.68. The predicted molar refractivity (Wildman–Crippen MR) is 76.6 cm³/mol. The number of nitrogens with one attached hydrogen (secondary N) is 1. The summed E-state index contributed by atoms with van der Waals surface area (Å²) in [5.41, 5.74) is -0.495. The van der Waals surface area contributed by atoms with E-state index < -0.39 is 16.6 Å². The lowest BCUT2D eigenvalue weighted by atomic mass is 10.1. The second-order valence-electron chi connectivity index (χ2n) is 4.84. The summed E-state index contributed by atoms with van der Waals surface area (Å²) in [6, 6.07) is 3.73. The Kier molecular flexibility index (Phi) is 5.23. The maximum Gasteiger partial charge on any atom is 0.342 e. The van der Waals surface area contributed by atoms with Crippen LogP contribution in [0.25, 0.3) is 0 Å². The molecule has 0 bridgehead atoms. The Hall–Kier alpha value is -2.64. The Bertz CT molecular complexity index is 571. The molecule has 1 aromatic carbocycles. The zero-order valence-corrected chi connectivity index (χ0v) is 12.0. The number of nitro benzene ring substituents is 1. The first-order valence-corrected chi connectivity index (χ1v) is 6.24. The molecule has 0 atom stereocenters. The SMILES string of the molecule is CC(C)NC(=O)CN(C)c1ccc(C(=O)O)c([N+](=O)[O-])c1. The Morgan fingerprint density at radius 1 is 1.43 bits per heavy atom. The van der Waals surface area contributed by atoms with Gasteiger partial charge in [-0.3, -0.25) is 14.9 Å². The molecule has 2 N–H and O–H groups in total. The lowest BCUT2D eigenvalue weighted by Crippen LogP contribution is -2.38. The van der Waals surface area contributed by atoms with Crippen molar-refractivity contribution >= 4 is 23.3 Å². The molecule has 0 unspecified atom stereocenters. The van der Waals surface area contributed by atoms with Crippen molar-refractivity contribution in [3.63, 3.8) is 0 Å². The van der Waals surface area contributed by atoms with E-state index in [0.29, 0.717) is 5.69 Å². The molecule has 21 heavy (non-hydrogen) atoms. The molecule has 0 aliphatic carbocycles. The third-order valence-electron chi connectivity index (χ3n) is 2.68. The number of nitro groups is 1. The number of aromatic carboxylic acids is 1. The van der Waals surface area contributed by atoms with Crippen LogP contribution in [0, 0.1) is 10.1 Å². The first kappa shape index (κ1) is 16.4. The molecule has 0 saturated carbocycles. The fourth-order valence-corrected chi connectivity index (χ4v) is 1.76. The summed E-state index contributed by atoms with van der Waals surface area (Å²) in [6.07, 6.45) is 0. The summed E-state index contributed by atoms with van der Waals surface area (Å²) in [5, 5.41) is 22.5. The van der Waals surface area contributed by atoms with Crippen LogP contribution in [-0.2, 0) is 4.79 Å². The number of benzene rings is 1. The molecule has 0 aliphatic heterocycles. The van der Waals surface area contributed by atoms with Crippen LogP contribution < -0.4 is 10.2 Å². The molecular weight excluding hydrogens is 278 g/mol. The van der Waals surface area contributed by atoms with Gasteiger partial charge in [0, 0.05) is 24.8 Å². The van der Waals surface area contributed by atoms with E-state index in [-0.39, 0.29) is 24.1 Å². The minimum Gasteiger partial charge on any atom is -0.477 e. The van der Waals surface area contributed by atoms with E-state index in [9.17, 15) is 19.7 Å². The number of hydrogen-bond acceptors (Lipinski definition) is 5.